The van der Waals surface area contributed by atoms with Crippen LogP contribution in [0.25, 0.3) is 22.6 Å². The molecule has 4 aromatic rings. The van der Waals surface area contributed by atoms with Crippen molar-refractivity contribution in [2.75, 3.05) is 13.7 Å². The van der Waals surface area contributed by atoms with Gasteiger partial charge in [0, 0.05) is 25.8 Å². The van der Waals surface area contributed by atoms with Gasteiger partial charge in [0.25, 0.3) is 5.56 Å². The van der Waals surface area contributed by atoms with E-state index in [0.717, 1.165) is 24.0 Å². The zero-order valence-corrected chi connectivity index (χ0v) is 17.8. The number of H-pyrrole nitrogens is 1. The lowest BCUT2D eigenvalue weighted by Crippen LogP contribution is -2.31. The fraction of sp³-hybridized carbons (Fsp3) is 0.292. The summed E-state index contributed by atoms with van der Waals surface area (Å²) in [6, 6.07) is 17.8. The molecule has 1 N–H and O–H groups in total. The van der Waals surface area contributed by atoms with Crippen molar-refractivity contribution in [3.8, 4) is 11.4 Å². The fourth-order valence-electron chi connectivity index (χ4n) is 3.78. The summed E-state index contributed by atoms with van der Waals surface area (Å²) in [6.07, 6.45) is 1.67. The first-order valence-corrected chi connectivity index (χ1v) is 10.5. The van der Waals surface area contributed by atoms with E-state index < -0.39 is 11.2 Å². The smallest absolute Gasteiger partial charge is 0.330 e. The molecule has 0 amide bonds. The van der Waals surface area contributed by atoms with E-state index in [4.69, 9.17) is 9.72 Å². The van der Waals surface area contributed by atoms with E-state index in [1.807, 2.05) is 47.0 Å². The first kappa shape index (κ1) is 20.8. The number of aryl methyl sites for hydroxylation is 2. The first-order chi connectivity index (χ1) is 15.1. The number of hydrogen-bond acceptors (Lipinski definition) is 4. The molecule has 0 atom stereocenters. The summed E-state index contributed by atoms with van der Waals surface area (Å²) in [5.74, 6) is 0.673. The molecular weight excluding hydrogens is 392 g/mol. The summed E-state index contributed by atoms with van der Waals surface area (Å²) in [5.41, 5.74) is 3.00. The maximum atomic E-state index is 12.8. The van der Waals surface area contributed by atoms with Crippen LogP contribution in [0.5, 0.6) is 0 Å². The van der Waals surface area contributed by atoms with E-state index in [1.54, 1.807) is 7.11 Å². The van der Waals surface area contributed by atoms with Crippen LogP contribution in [0.15, 0.2) is 64.2 Å². The number of nitrogens with one attached hydrogen (secondary N) is 1. The molecule has 0 spiro atoms. The van der Waals surface area contributed by atoms with Crippen molar-refractivity contribution in [3.05, 3.63) is 86.6 Å². The van der Waals surface area contributed by atoms with Crippen LogP contribution in [-0.2, 0) is 24.2 Å². The Morgan fingerprint density at radius 2 is 1.71 bits per heavy atom. The van der Waals surface area contributed by atoms with Gasteiger partial charge in [0.15, 0.2) is 11.2 Å². The van der Waals surface area contributed by atoms with Gasteiger partial charge in [-0.3, -0.25) is 14.3 Å². The third kappa shape index (κ3) is 4.22. The second-order valence-electron chi connectivity index (χ2n) is 7.49. The molecule has 2 aromatic heterocycles. The maximum Gasteiger partial charge on any atom is 0.330 e. The highest BCUT2D eigenvalue weighted by Gasteiger charge is 2.19. The Morgan fingerprint density at radius 1 is 0.968 bits per heavy atom. The summed E-state index contributed by atoms with van der Waals surface area (Å²) in [5, 5.41) is 0. The highest BCUT2D eigenvalue weighted by atomic mass is 16.5. The molecule has 7 nitrogen and oxygen atoms in total. The summed E-state index contributed by atoms with van der Waals surface area (Å²) in [6.45, 7) is 3.56. The minimum atomic E-state index is -0.462. The van der Waals surface area contributed by atoms with Crippen molar-refractivity contribution < 1.29 is 4.74 Å². The Kier molecular flexibility index (Phi) is 6.13. The SMILES string of the molecule is CCc1ccc(-c2nc3c(c(=O)[nH]c(=O)n3Cc3ccccc3)n2CCCOC)cc1. The molecule has 0 aliphatic carbocycles. The number of nitrogens with zero attached hydrogens (tertiary/aromatic N) is 3. The van der Waals surface area contributed by atoms with Gasteiger partial charge in [0.1, 0.15) is 5.82 Å². The molecule has 160 valence electrons. The third-order valence-electron chi connectivity index (χ3n) is 5.42. The Hall–Kier alpha value is -3.45. The molecule has 0 fully saturated rings. The van der Waals surface area contributed by atoms with Crippen LogP contribution in [0.3, 0.4) is 0 Å². The standard InChI is InChI=1S/C24H26N4O3/c1-3-17-10-12-19(13-11-17)21-25-22-20(27(21)14-7-15-31-2)23(29)26-24(30)28(22)16-18-8-5-4-6-9-18/h4-6,8-13H,3,7,14-16H2,1-2H3,(H,26,29,30). The number of ether oxygens (including phenoxy) is 1. The van der Waals surface area contributed by atoms with Crippen LogP contribution in [0, 0.1) is 0 Å². The van der Waals surface area contributed by atoms with Gasteiger partial charge in [0.05, 0.1) is 6.54 Å². The van der Waals surface area contributed by atoms with Gasteiger partial charge >= 0.3 is 5.69 Å². The van der Waals surface area contributed by atoms with E-state index in [-0.39, 0.29) is 0 Å². The number of imidazole rings is 1. The van der Waals surface area contributed by atoms with Crippen molar-refractivity contribution in [2.45, 2.75) is 32.9 Å². The molecule has 0 saturated carbocycles. The Labute approximate surface area is 180 Å². The van der Waals surface area contributed by atoms with Crippen molar-refractivity contribution in [1.29, 1.82) is 0 Å². The number of benzene rings is 2. The number of aromatic nitrogens is 4. The first-order valence-electron chi connectivity index (χ1n) is 10.5. The van der Waals surface area contributed by atoms with Crippen LogP contribution in [-0.4, -0.2) is 32.8 Å². The quantitative estimate of drug-likeness (QED) is 0.446. The Balaban J connectivity index is 1.92. The highest BCUT2D eigenvalue weighted by Crippen LogP contribution is 2.24. The lowest BCUT2D eigenvalue weighted by Gasteiger charge is -2.09. The van der Waals surface area contributed by atoms with Gasteiger partial charge in [-0.25, -0.2) is 9.78 Å². The summed E-state index contributed by atoms with van der Waals surface area (Å²) >= 11 is 0. The summed E-state index contributed by atoms with van der Waals surface area (Å²) in [4.78, 5) is 32.8. The fourth-order valence-corrected chi connectivity index (χ4v) is 3.78. The topological polar surface area (TPSA) is 81.9 Å². The zero-order valence-electron chi connectivity index (χ0n) is 17.8. The predicted molar refractivity (Wildman–Crippen MR) is 121 cm³/mol. The van der Waals surface area contributed by atoms with Gasteiger partial charge in [-0.15, -0.1) is 0 Å². The van der Waals surface area contributed by atoms with Crippen molar-refractivity contribution >= 4 is 11.2 Å². The minimum absolute atomic E-state index is 0.330. The van der Waals surface area contributed by atoms with Crippen molar-refractivity contribution in [2.24, 2.45) is 0 Å². The van der Waals surface area contributed by atoms with Crippen LogP contribution >= 0.6 is 0 Å². The average molecular weight is 418 g/mol. The molecule has 0 radical (unpaired) electrons. The van der Waals surface area contributed by atoms with Gasteiger partial charge in [0.2, 0.25) is 0 Å². The lowest BCUT2D eigenvalue weighted by atomic mass is 10.1. The number of hydrogen-bond donors (Lipinski definition) is 1. The molecule has 0 bridgehead atoms. The molecular formula is C24H26N4O3. The lowest BCUT2D eigenvalue weighted by molar-refractivity contribution is 0.191. The molecule has 2 aromatic carbocycles. The Bertz CT molecular complexity index is 1280. The molecule has 0 aliphatic rings. The van der Waals surface area contributed by atoms with Crippen LogP contribution < -0.4 is 11.2 Å². The molecule has 2 heterocycles. The van der Waals surface area contributed by atoms with Crippen LogP contribution in [0.2, 0.25) is 0 Å². The maximum absolute atomic E-state index is 12.8. The van der Waals surface area contributed by atoms with Gasteiger partial charge < -0.3 is 9.30 Å². The van der Waals surface area contributed by atoms with E-state index in [9.17, 15) is 9.59 Å². The Morgan fingerprint density at radius 3 is 2.39 bits per heavy atom. The van der Waals surface area contributed by atoms with E-state index in [0.29, 0.717) is 36.7 Å². The molecule has 0 aliphatic heterocycles. The third-order valence-corrected chi connectivity index (χ3v) is 5.42. The van der Waals surface area contributed by atoms with Crippen molar-refractivity contribution in [3.63, 3.8) is 0 Å². The molecule has 31 heavy (non-hydrogen) atoms. The minimum Gasteiger partial charge on any atom is -0.385 e. The normalized spacial score (nSPS) is 11.3. The zero-order chi connectivity index (χ0) is 21.8. The van der Waals surface area contributed by atoms with E-state index in [2.05, 4.69) is 24.0 Å². The van der Waals surface area contributed by atoms with Gasteiger partial charge in [-0.05, 0) is 24.0 Å². The number of rotatable bonds is 8. The average Bonchev–Trinajstić information content (AvgIpc) is 3.17. The predicted octanol–water partition coefficient (Wildman–Crippen LogP) is 3.20. The second kappa shape index (κ2) is 9.14. The molecule has 0 saturated heterocycles. The highest BCUT2D eigenvalue weighted by molar-refractivity contribution is 5.77. The van der Waals surface area contributed by atoms with E-state index >= 15 is 0 Å². The number of methoxy groups -OCH3 is 1. The van der Waals surface area contributed by atoms with E-state index in [1.165, 1.54) is 10.1 Å². The molecule has 0 unspecified atom stereocenters. The van der Waals surface area contributed by atoms with Gasteiger partial charge in [-0.1, -0.05) is 61.5 Å². The number of fused-ring (bicyclic) bond motifs is 1. The molecule has 4 rings (SSSR count). The summed E-state index contributed by atoms with van der Waals surface area (Å²) < 4.78 is 8.63. The van der Waals surface area contributed by atoms with Crippen LogP contribution in [0.1, 0.15) is 24.5 Å². The largest absolute Gasteiger partial charge is 0.385 e. The monoisotopic (exact) mass is 418 g/mol. The second-order valence-corrected chi connectivity index (χ2v) is 7.49. The van der Waals surface area contributed by atoms with Gasteiger partial charge in [-0.2, -0.15) is 0 Å². The number of aromatic amines is 1. The summed E-state index contributed by atoms with van der Waals surface area (Å²) in [7, 11) is 1.65. The van der Waals surface area contributed by atoms with Crippen molar-refractivity contribution in [1.82, 2.24) is 19.1 Å². The molecule has 7 heteroatoms. The van der Waals surface area contributed by atoms with Crippen LogP contribution in [0.4, 0.5) is 0 Å².